The molecule has 3 rings (SSSR count). The lowest BCUT2D eigenvalue weighted by Gasteiger charge is -2.09. The molecule has 8 nitrogen and oxygen atoms in total. The number of thiophene rings is 1. The Morgan fingerprint density at radius 3 is 2.11 bits per heavy atom. The van der Waals surface area contributed by atoms with Gasteiger partial charge in [-0.2, -0.15) is 0 Å². The van der Waals surface area contributed by atoms with Gasteiger partial charge in [0.25, 0.3) is 11.8 Å². The molecule has 0 aliphatic heterocycles. The van der Waals surface area contributed by atoms with Crippen molar-refractivity contribution in [3.05, 3.63) is 76.2 Å². The van der Waals surface area contributed by atoms with Gasteiger partial charge in [-0.25, -0.2) is 9.59 Å². The largest absolute Gasteiger partial charge is 0.462 e. The number of esters is 2. The lowest BCUT2D eigenvalue weighted by Crippen LogP contribution is -2.22. The van der Waals surface area contributed by atoms with Crippen LogP contribution in [0.3, 0.4) is 0 Å². The highest BCUT2D eigenvalue weighted by Crippen LogP contribution is 2.34. The van der Waals surface area contributed by atoms with Crippen molar-refractivity contribution >= 4 is 40.1 Å². The summed E-state index contributed by atoms with van der Waals surface area (Å²) in [5, 5.41) is 2.74. The monoisotopic (exact) mass is 494 g/mol. The SMILES string of the molecule is CCOC(=O)c1c(NC(=O)COC(=O)c2ccc(-c3ccccc3)cc2)sc(C(=O)N(C)C)c1C. The summed E-state index contributed by atoms with van der Waals surface area (Å²) < 4.78 is 10.2. The number of benzene rings is 2. The second-order valence-electron chi connectivity index (χ2n) is 7.75. The van der Waals surface area contributed by atoms with Gasteiger partial charge in [0.1, 0.15) is 5.00 Å². The number of hydrogen-bond acceptors (Lipinski definition) is 7. The van der Waals surface area contributed by atoms with Gasteiger partial charge in [0.2, 0.25) is 0 Å². The first-order chi connectivity index (χ1) is 16.7. The highest BCUT2D eigenvalue weighted by Gasteiger charge is 2.27. The van der Waals surface area contributed by atoms with Crippen molar-refractivity contribution in [1.29, 1.82) is 0 Å². The molecule has 2 aromatic carbocycles. The van der Waals surface area contributed by atoms with Crippen molar-refractivity contribution in [2.24, 2.45) is 0 Å². The zero-order valence-electron chi connectivity index (χ0n) is 19.9. The second-order valence-corrected chi connectivity index (χ2v) is 8.77. The molecule has 2 amide bonds. The van der Waals surface area contributed by atoms with Crippen molar-refractivity contribution in [3.63, 3.8) is 0 Å². The summed E-state index contributed by atoms with van der Waals surface area (Å²) >= 11 is 0.971. The van der Waals surface area contributed by atoms with Crippen LogP contribution < -0.4 is 5.32 Å². The highest BCUT2D eigenvalue weighted by molar-refractivity contribution is 7.18. The quantitative estimate of drug-likeness (QED) is 0.466. The molecule has 1 aromatic heterocycles. The van der Waals surface area contributed by atoms with Crippen LogP contribution >= 0.6 is 11.3 Å². The van der Waals surface area contributed by atoms with Gasteiger partial charge in [0.15, 0.2) is 6.61 Å². The minimum atomic E-state index is -0.656. The number of nitrogens with zero attached hydrogens (tertiary/aromatic N) is 1. The molecule has 35 heavy (non-hydrogen) atoms. The molecule has 1 heterocycles. The van der Waals surface area contributed by atoms with Crippen LogP contribution in [-0.2, 0) is 14.3 Å². The fraction of sp³-hybridized carbons (Fsp3) is 0.231. The molecule has 0 aliphatic carbocycles. The number of amides is 2. The van der Waals surface area contributed by atoms with E-state index < -0.39 is 24.5 Å². The van der Waals surface area contributed by atoms with Gasteiger partial charge in [0.05, 0.1) is 22.6 Å². The van der Waals surface area contributed by atoms with E-state index in [2.05, 4.69) is 5.32 Å². The van der Waals surface area contributed by atoms with E-state index in [1.165, 1.54) is 4.90 Å². The van der Waals surface area contributed by atoms with Crippen molar-refractivity contribution in [1.82, 2.24) is 4.90 Å². The summed E-state index contributed by atoms with van der Waals surface area (Å²) in [5.74, 6) is -2.25. The van der Waals surface area contributed by atoms with Crippen LogP contribution in [0.4, 0.5) is 5.00 Å². The molecule has 0 fully saturated rings. The average Bonchev–Trinajstić information content (AvgIpc) is 3.18. The van der Waals surface area contributed by atoms with Crippen LogP contribution in [0.5, 0.6) is 0 Å². The van der Waals surface area contributed by atoms with Crippen LogP contribution in [0, 0.1) is 6.92 Å². The molecule has 0 saturated carbocycles. The minimum Gasteiger partial charge on any atom is -0.462 e. The summed E-state index contributed by atoms with van der Waals surface area (Å²) in [6.07, 6.45) is 0. The molecule has 0 spiro atoms. The van der Waals surface area contributed by atoms with Crippen molar-refractivity contribution in [3.8, 4) is 11.1 Å². The van der Waals surface area contributed by atoms with E-state index in [0.29, 0.717) is 16.0 Å². The number of nitrogens with one attached hydrogen (secondary N) is 1. The highest BCUT2D eigenvalue weighted by atomic mass is 32.1. The predicted molar refractivity (Wildman–Crippen MR) is 134 cm³/mol. The number of carbonyl (C=O) groups is 4. The third kappa shape index (κ3) is 6.13. The Bertz CT molecular complexity index is 1230. The van der Waals surface area contributed by atoms with E-state index in [4.69, 9.17) is 9.47 Å². The summed E-state index contributed by atoms with van der Waals surface area (Å²) in [4.78, 5) is 51.6. The van der Waals surface area contributed by atoms with Crippen LogP contribution in [0.15, 0.2) is 54.6 Å². The van der Waals surface area contributed by atoms with Crippen LogP contribution in [-0.4, -0.2) is 56.0 Å². The fourth-order valence-corrected chi connectivity index (χ4v) is 4.50. The Labute approximate surface area is 207 Å². The van der Waals surface area contributed by atoms with Crippen LogP contribution in [0.2, 0.25) is 0 Å². The number of carbonyl (C=O) groups excluding carboxylic acids is 4. The van der Waals surface area contributed by atoms with E-state index in [9.17, 15) is 19.2 Å². The van der Waals surface area contributed by atoms with Crippen molar-refractivity contribution in [2.75, 3.05) is 32.6 Å². The first-order valence-corrected chi connectivity index (χ1v) is 11.7. The Morgan fingerprint density at radius 1 is 0.886 bits per heavy atom. The lowest BCUT2D eigenvalue weighted by atomic mass is 10.0. The molecule has 0 radical (unpaired) electrons. The molecular weight excluding hydrogens is 468 g/mol. The van der Waals surface area contributed by atoms with Crippen molar-refractivity contribution < 1.29 is 28.7 Å². The van der Waals surface area contributed by atoms with Gasteiger partial charge in [-0.05, 0) is 42.7 Å². The standard InChI is InChI=1S/C26H26N2O6S/c1-5-33-26(32)21-16(2)22(24(30)28(3)4)35-23(21)27-20(29)15-34-25(31)19-13-11-18(12-14-19)17-9-7-6-8-10-17/h6-14H,5,15H2,1-4H3,(H,27,29). The molecule has 0 bridgehead atoms. The number of ether oxygens (including phenoxy) is 2. The molecule has 1 N–H and O–H groups in total. The summed E-state index contributed by atoms with van der Waals surface area (Å²) in [7, 11) is 3.19. The molecule has 0 saturated heterocycles. The second kappa shape index (κ2) is 11.4. The van der Waals surface area contributed by atoms with Gasteiger partial charge < -0.3 is 19.7 Å². The first kappa shape index (κ1) is 25.6. The number of hydrogen-bond donors (Lipinski definition) is 1. The molecular formula is C26H26N2O6S. The first-order valence-electron chi connectivity index (χ1n) is 10.9. The normalized spacial score (nSPS) is 10.4. The molecule has 182 valence electrons. The number of anilines is 1. The van der Waals surface area contributed by atoms with Gasteiger partial charge in [0, 0.05) is 14.1 Å². The van der Waals surface area contributed by atoms with Crippen molar-refractivity contribution in [2.45, 2.75) is 13.8 Å². The third-order valence-corrected chi connectivity index (χ3v) is 6.24. The Morgan fingerprint density at radius 2 is 1.51 bits per heavy atom. The van der Waals surface area contributed by atoms with Crippen LogP contribution in [0.25, 0.3) is 11.1 Å². The Balaban J connectivity index is 1.69. The molecule has 0 atom stereocenters. The molecule has 3 aromatic rings. The Hall–Kier alpha value is -3.98. The smallest absolute Gasteiger partial charge is 0.341 e. The maximum absolute atomic E-state index is 12.5. The summed E-state index contributed by atoms with van der Waals surface area (Å²) in [6.45, 7) is 2.86. The van der Waals surface area contributed by atoms with E-state index in [1.54, 1.807) is 52.2 Å². The lowest BCUT2D eigenvalue weighted by molar-refractivity contribution is -0.119. The van der Waals surface area contributed by atoms with Gasteiger partial charge >= 0.3 is 11.9 Å². The van der Waals surface area contributed by atoms with E-state index >= 15 is 0 Å². The van der Waals surface area contributed by atoms with Gasteiger partial charge in [-0.15, -0.1) is 11.3 Å². The maximum Gasteiger partial charge on any atom is 0.341 e. The summed E-state index contributed by atoms with van der Waals surface area (Å²) in [5.41, 5.74) is 2.79. The van der Waals surface area contributed by atoms with Gasteiger partial charge in [-0.1, -0.05) is 42.5 Å². The fourth-order valence-electron chi connectivity index (χ4n) is 3.26. The number of rotatable bonds is 8. The third-order valence-electron chi connectivity index (χ3n) is 5.04. The van der Waals surface area contributed by atoms with Gasteiger partial charge in [-0.3, -0.25) is 9.59 Å². The average molecular weight is 495 g/mol. The summed E-state index contributed by atoms with van der Waals surface area (Å²) in [6, 6.07) is 16.6. The maximum atomic E-state index is 12.5. The van der Waals surface area contributed by atoms with E-state index in [-0.39, 0.29) is 23.1 Å². The molecule has 9 heteroatoms. The topological polar surface area (TPSA) is 102 Å². The molecule has 0 unspecified atom stereocenters. The van der Waals surface area contributed by atoms with E-state index in [0.717, 1.165) is 22.5 Å². The zero-order chi connectivity index (χ0) is 25.5. The van der Waals surface area contributed by atoms with Crippen LogP contribution in [0.1, 0.15) is 42.9 Å². The predicted octanol–water partition coefficient (Wildman–Crippen LogP) is 4.40. The Kier molecular flexibility index (Phi) is 8.38. The zero-order valence-corrected chi connectivity index (χ0v) is 20.7. The minimum absolute atomic E-state index is 0.109. The molecule has 0 aliphatic rings. The van der Waals surface area contributed by atoms with E-state index in [1.807, 2.05) is 30.3 Å².